The quantitative estimate of drug-likeness (QED) is 0.720. The van der Waals surface area contributed by atoms with Crippen LogP contribution in [0.15, 0.2) is 47.6 Å². The van der Waals surface area contributed by atoms with Gasteiger partial charge in [0.2, 0.25) is 0 Å². The summed E-state index contributed by atoms with van der Waals surface area (Å²) in [5.41, 5.74) is 5.90. The van der Waals surface area contributed by atoms with E-state index in [9.17, 15) is 0 Å². The van der Waals surface area contributed by atoms with Crippen LogP contribution in [0.3, 0.4) is 0 Å². The van der Waals surface area contributed by atoms with E-state index in [4.69, 9.17) is 4.74 Å². The zero-order valence-electron chi connectivity index (χ0n) is 13.5. The lowest BCUT2D eigenvalue weighted by atomic mass is 9.76. The van der Waals surface area contributed by atoms with E-state index >= 15 is 0 Å². The molecule has 0 radical (unpaired) electrons. The van der Waals surface area contributed by atoms with Crippen LogP contribution in [0.1, 0.15) is 52.0 Å². The minimum atomic E-state index is -0.134. The summed E-state index contributed by atoms with van der Waals surface area (Å²) in [6.07, 6.45) is 7.59. The smallest absolute Gasteiger partial charge is 0.0732 e. The molecule has 0 bridgehead atoms. The van der Waals surface area contributed by atoms with E-state index in [2.05, 4.69) is 57.2 Å². The van der Waals surface area contributed by atoms with Crippen molar-refractivity contribution >= 4 is 5.57 Å². The lowest BCUT2D eigenvalue weighted by molar-refractivity contribution is -0.0291. The molecule has 1 atom stereocenters. The third kappa shape index (κ3) is 2.72. The zero-order valence-corrected chi connectivity index (χ0v) is 13.5. The molecule has 112 valence electrons. The Kier molecular flexibility index (Phi) is 4.03. The third-order valence-corrected chi connectivity index (χ3v) is 4.86. The first kappa shape index (κ1) is 14.6. The molecular formula is C20H26O. The van der Waals surface area contributed by atoms with Crippen LogP contribution in [0.4, 0.5) is 0 Å². The second kappa shape index (κ2) is 5.81. The molecule has 0 fully saturated rings. The Morgan fingerprint density at radius 3 is 2.52 bits per heavy atom. The van der Waals surface area contributed by atoms with Gasteiger partial charge < -0.3 is 4.74 Å². The van der Waals surface area contributed by atoms with Gasteiger partial charge in [-0.2, -0.15) is 0 Å². The molecule has 2 aliphatic rings. The van der Waals surface area contributed by atoms with E-state index in [-0.39, 0.29) is 5.60 Å². The minimum Gasteiger partial charge on any atom is -0.375 e. The fourth-order valence-electron chi connectivity index (χ4n) is 4.04. The number of allylic oxidation sites excluding steroid dienone is 2. The van der Waals surface area contributed by atoms with E-state index < -0.39 is 0 Å². The van der Waals surface area contributed by atoms with Gasteiger partial charge in [0.1, 0.15) is 0 Å². The van der Waals surface area contributed by atoms with Crippen molar-refractivity contribution in [3.63, 3.8) is 0 Å². The summed E-state index contributed by atoms with van der Waals surface area (Å²) >= 11 is 0. The van der Waals surface area contributed by atoms with Gasteiger partial charge in [0.15, 0.2) is 0 Å². The second-order valence-electron chi connectivity index (χ2n) is 6.69. The molecule has 0 saturated carbocycles. The van der Waals surface area contributed by atoms with Gasteiger partial charge in [0, 0.05) is 12.5 Å². The number of benzene rings is 1. The first-order chi connectivity index (χ1) is 10.1. The number of ether oxygens (including phenoxy) is 1. The molecule has 0 aromatic heterocycles. The predicted molar refractivity (Wildman–Crippen MR) is 89.1 cm³/mol. The minimum absolute atomic E-state index is 0.134. The summed E-state index contributed by atoms with van der Waals surface area (Å²) in [6.45, 7) is 7.37. The largest absolute Gasteiger partial charge is 0.375 e. The molecule has 1 aromatic rings. The topological polar surface area (TPSA) is 9.23 Å². The lowest BCUT2D eigenvalue weighted by Gasteiger charge is -2.36. The Labute approximate surface area is 128 Å². The summed E-state index contributed by atoms with van der Waals surface area (Å²) in [5.74, 6) is 0.412. The molecule has 0 heterocycles. The van der Waals surface area contributed by atoms with E-state index in [0.717, 1.165) is 6.61 Å². The summed E-state index contributed by atoms with van der Waals surface area (Å²) in [6, 6.07) is 10.8. The van der Waals surface area contributed by atoms with Crippen molar-refractivity contribution in [2.75, 3.05) is 6.61 Å². The summed E-state index contributed by atoms with van der Waals surface area (Å²) in [4.78, 5) is 0. The van der Waals surface area contributed by atoms with Gasteiger partial charge in [-0.25, -0.2) is 0 Å². The monoisotopic (exact) mass is 282 g/mol. The summed E-state index contributed by atoms with van der Waals surface area (Å²) in [5, 5.41) is 0. The highest BCUT2D eigenvalue weighted by Gasteiger charge is 2.40. The highest BCUT2D eigenvalue weighted by Crippen LogP contribution is 2.49. The molecule has 0 aliphatic heterocycles. The molecule has 2 aliphatic carbocycles. The summed E-state index contributed by atoms with van der Waals surface area (Å²) < 4.78 is 6.14. The Morgan fingerprint density at radius 2 is 1.81 bits per heavy atom. The number of hydrogen-bond donors (Lipinski definition) is 0. The van der Waals surface area contributed by atoms with E-state index in [1.54, 1.807) is 11.1 Å². The fourth-order valence-corrected chi connectivity index (χ4v) is 4.04. The molecule has 0 unspecified atom stereocenters. The van der Waals surface area contributed by atoms with Crippen LogP contribution in [0.25, 0.3) is 5.57 Å². The molecule has 0 saturated heterocycles. The van der Waals surface area contributed by atoms with Gasteiger partial charge in [-0.15, -0.1) is 0 Å². The van der Waals surface area contributed by atoms with Crippen LogP contribution in [-0.4, -0.2) is 12.2 Å². The van der Waals surface area contributed by atoms with Gasteiger partial charge >= 0.3 is 0 Å². The Bertz CT molecular complexity index is 563. The van der Waals surface area contributed by atoms with Crippen molar-refractivity contribution in [1.29, 1.82) is 0 Å². The molecule has 0 amide bonds. The molecule has 0 N–H and O–H groups in total. The van der Waals surface area contributed by atoms with Gasteiger partial charge in [0.05, 0.1) is 5.60 Å². The van der Waals surface area contributed by atoms with Crippen molar-refractivity contribution in [1.82, 2.24) is 0 Å². The van der Waals surface area contributed by atoms with Gasteiger partial charge in [0.25, 0.3) is 0 Å². The molecule has 21 heavy (non-hydrogen) atoms. The average Bonchev–Trinajstić information content (AvgIpc) is 2.88. The fraction of sp³-hybridized carbons (Fsp3) is 0.500. The molecule has 1 aromatic carbocycles. The third-order valence-electron chi connectivity index (χ3n) is 4.86. The molecular weight excluding hydrogens is 256 g/mol. The van der Waals surface area contributed by atoms with Crippen molar-refractivity contribution in [2.45, 2.75) is 52.1 Å². The summed E-state index contributed by atoms with van der Waals surface area (Å²) in [7, 11) is 0. The first-order valence-corrected chi connectivity index (χ1v) is 8.26. The van der Waals surface area contributed by atoms with E-state index in [0.29, 0.717) is 5.92 Å². The predicted octanol–water partition coefficient (Wildman–Crippen LogP) is 5.39. The first-order valence-electron chi connectivity index (χ1n) is 8.26. The molecule has 1 heteroatoms. The van der Waals surface area contributed by atoms with Crippen LogP contribution in [-0.2, 0) is 4.74 Å². The average molecular weight is 282 g/mol. The standard InChI is InChI=1S/C20H26O/c1-4-21-20(2,3)19-17-13-9-8-12-16(17)14-18(19)15-10-6-5-7-11-15/h5-7,10-11,14,19H,4,8-9,12-13H2,1-3H3/t19-/m0/s1. The SMILES string of the molecule is CCOC(C)(C)[C@@H]1C(c2ccccc2)=CC2=C1CCCC2. The molecule has 3 rings (SSSR count). The normalized spacial score (nSPS) is 22.2. The maximum atomic E-state index is 6.14. The second-order valence-corrected chi connectivity index (χ2v) is 6.69. The van der Waals surface area contributed by atoms with Crippen LogP contribution in [0, 0.1) is 5.92 Å². The maximum absolute atomic E-state index is 6.14. The van der Waals surface area contributed by atoms with Crippen molar-refractivity contribution in [3.8, 4) is 0 Å². The van der Waals surface area contributed by atoms with E-state index in [1.165, 1.54) is 36.8 Å². The highest BCUT2D eigenvalue weighted by molar-refractivity contribution is 5.78. The van der Waals surface area contributed by atoms with Gasteiger partial charge in [-0.3, -0.25) is 0 Å². The van der Waals surface area contributed by atoms with Crippen molar-refractivity contribution in [3.05, 3.63) is 53.1 Å². The number of hydrogen-bond acceptors (Lipinski definition) is 1. The lowest BCUT2D eigenvalue weighted by Crippen LogP contribution is -2.36. The van der Waals surface area contributed by atoms with Gasteiger partial charge in [-0.05, 0) is 63.2 Å². The van der Waals surface area contributed by atoms with Crippen molar-refractivity contribution < 1.29 is 4.74 Å². The maximum Gasteiger partial charge on any atom is 0.0732 e. The van der Waals surface area contributed by atoms with Crippen LogP contribution >= 0.6 is 0 Å². The Morgan fingerprint density at radius 1 is 1.10 bits per heavy atom. The van der Waals surface area contributed by atoms with Gasteiger partial charge in [-0.1, -0.05) is 42.0 Å². The molecule has 0 spiro atoms. The molecule has 1 nitrogen and oxygen atoms in total. The zero-order chi connectivity index (χ0) is 14.9. The van der Waals surface area contributed by atoms with Crippen LogP contribution in [0.2, 0.25) is 0 Å². The van der Waals surface area contributed by atoms with Crippen LogP contribution < -0.4 is 0 Å². The van der Waals surface area contributed by atoms with Crippen molar-refractivity contribution in [2.24, 2.45) is 5.92 Å². The Hall–Kier alpha value is -1.34. The van der Waals surface area contributed by atoms with E-state index in [1.807, 2.05) is 0 Å². The Balaban J connectivity index is 2.03. The highest BCUT2D eigenvalue weighted by atomic mass is 16.5. The van der Waals surface area contributed by atoms with Crippen LogP contribution in [0.5, 0.6) is 0 Å². The number of rotatable bonds is 4.